The molecule has 0 aliphatic rings. The van der Waals surface area contributed by atoms with E-state index in [9.17, 15) is 9.18 Å². The summed E-state index contributed by atoms with van der Waals surface area (Å²) in [4.78, 5) is 14.6. The first kappa shape index (κ1) is 8.68. The maximum absolute atomic E-state index is 12.2. The summed E-state index contributed by atoms with van der Waals surface area (Å²) in [7, 11) is 0. The van der Waals surface area contributed by atoms with Gasteiger partial charge in [-0.05, 0) is 6.07 Å². The van der Waals surface area contributed by atoms with Crippen LogP contribution in [0.5, 0.6) is 0 Å². The second-order valence-electron chi connectivity index (χ2n) is 2.72. The number of nitrogens with zero attached hydrogens (tertiary/aromatic N) is 1. The normalized spacial score (nSPS) is 10.6. The molecule has 4 nitrogen and oxygen atoms in total. The molecule has 0 amide bonds. The number of carbonyl (C=O) groups is 1. The Morgan fingerprint density at radius 1 is 1.64 bits per heavy atom. The van der Waals surface area contributed by atoms with E-state index >= 15 is 0 Å². The van der Waals surface area contributed by atoms with Gasteiger partial charge in [0.1, 0.15) is 23.5 Å². The zero-order valence-electron chi connectivity index (χ0n) is 7.03. The lowest BCUT2D eigenvalue weighted by Gasteiger charge is -1.93. The fourth-order valence-electron chi connectivity index (χ4n) is 1.22. The van der Waals surface area contributed by atoms with Crippen molar-refractivity contribution in [2.75, 3.05) is 0 Å². The molecule has 0 fully saturated rings. The van der Waals surface area contributed by atoms with Crippen LogP contribution in [0.15, 0.2) is 22.7 Å². The summed E-state index contributed by atoms with van der Waals surface area (Å²) < 4.78 is 17.2. The molecule has 0 saturated carbocycles. The van der Waals surface area contributed by atoms with Gasteiger partial charge in [0.25, 0.3) is 0 Å². The Hall–Kier alpha value is -1.91. The monoisotopic (exact) mass is 195 g/mol. The number of carboxylic acids is 1. The third-order valence-electron chi connectivity index (χ3n) is 1.83. The molecule has 72 valence electrons. The van der Waals surface area contributed by atoms with Crippen molar-refractivity contribution in [2.45, 2.75) is 6.67 Å². The van der Waals surface area contributed by atoms with Gasteiger partial charge >= 0.3 is 5.97 Å². The summed E-state index contributed by atoms with van der Waals surface area (Å²) >= 11 is 0. The van der Waals surface area contributed by atoms with Gasteiger partial charge in [0.05, 0.1) is 0 Å². The molecule has 0 aliphatic heterocycles. The number of rotatable bonds is 2. The van der Waals surface area contributed by atoms with Crippen molar-refractivity contribution in [1.82, 2.24) is 4.98 Å². The molecule has 0 radical (unpaired) electrons. The summed E-state index contributed by atoms with van der Waals surface area (Å²) in [6.07, 6.45) is 1.35. The quantitative estimate of drug-likeness (QED) is 0.795. The summed E-state index contributed by atoms with van der Waals surface area (Å²) in [5.41, 5.74) is 0.472. The number of alkyl halides is 1. The van der Waals surface area contributed by atoms with Crippen molar-refractivity contribution in [3.05, 3.63) is 29.7 Å². The number of hydrogen-bond donors (Lipinski definition) is 1. The average Bonchev–Trinajstić information content (AvgIpc) is 2.59. The van der Waals surface area contributed by atoms with Gasteiger partial charge in [-0.2, -0.15) is 0 Å². The summed E-state index contributed by atoms with van der Waals surface area (Å²) in [5.74, 6) is -1.03. The highest BCUT2D eigenvalue weighted by Crippen LogP contribution is 2.21. The van der Waals surface area contributed by atoms with E-state index in [-0.39, 0.29) is 16.9 Å². The van der Waals surface area contributed by atoms with Crippen LogP contribution >= 0.6 is 0 Å². The lowest BCUT2D eigenvalue weighted by Crippen LogP contribution is -1.96. The maximum Gasteiger partial charge on any atom is 0.339 e. The van der Waals surface area contributed by atoms with Crippen LogP contribution in [0.1, 0.15) is 16.1 Å². The molecule has 5 heteroatoms. The number of halogens is 1. The topological polar surface area (TPSA) is 63.3 Å². The van der Waals surface area contributed by atoms with Gasteiger partial charge in [0.15, 0.2) is 5.58 Å². The first-order valence-corrected chi connectivity index (χ1v) is 3.89. The van der Waals surface area contributed by atoms with Crippen LogP contribution in [0, 0.1) is 0 Å². The van der Waals surface area contributed by atoms with Crippen LogP contribution in [0.3, 0.4) is 0 Å². The third-order valence-corrected chi connectivity index (χ3v) is 1.83. The van der Waals surface area contributed by atoms with E-state index in [1.165, 1.54) is 18.3 Å². The van der Waals surface area contributed by atoms with Crippen LogP contribution in [0.2, 0.25) is 0 Å². The highest BCUT2D eigenvalue weighted by molar-refractivity contribution is 5.99. The van der Waals surface area contributed by atoms with Gasteiger partial charge in [-0.3, -0.25) is 4.98 Å². The molecule has 14 heavy (non-hydrogen) atoms. The number of carboxylic acid groups (broad SMARTS) is 1. The van der Waals surface area contributed by atoms with Crippen molar-refractivity contribution in [1.29, 1.82) is 0 Å². The van der Waals surface area contributed by atoms with Crippen LogP contribution < -0.4 is 0 Å². The van der Waals surface area contributed by atoms with Crippen molar-refractivity contribution in [3.8, 4) is 0 Å². The molecule has 0 saturated heterocycles. The molecular formula is C9H6FNO3. The minimum atomic E-state index is -1.11. The Bertz CT molecular complexity index is 492. The number of aromatic nitrogens is 1. The number of aromatic carboxylic acids is 1. The van der Waals surface area contributed by atoms with E-state index in [1.807, 2.05) is 0 Å². The fraction of sp³-hybridized carbons (Fsp3) is 0.111. The Morgan fingerprint density at radius 2 is 2.43 bits per heavy atom. The molecule has 0 aromatic carbocycles. The van der Waals surface area contributed by atoms with Gasteiger partial charge in [-0.1, -0.05) is 0 Å². The van der Waals surface area contributed by atoms with Crippen molar-refractivity contribution in [2.24, 2.45) is 0 Å². The zero-order valence-corrected chi connectivity index (χ0v) is 7.03. The summed E-state index contributed by atoms with van der Waals surface area (Å²) in [5, 5.41) is 8.78. The molecule has 2 aromatic rings. The second-order valence-corrected chi connectivity index (χ2v) is 2.72. The number of pyridine rings is 1. The van der Waals surface area contributed by atoms with E-state index in [2.05, 4.69) is 4.98 Å². The first-order chi connectivity index (χ1) is 6.72. The average molecular weight is 195 g/mol. The molecule has 1 N–H and O–H groups in total. The van der Waals surface area contributed by atoms with Crippen LogP contribution in [-0.2, 0) is 6.67 Å². The van der Waals surface area contributed by atoms with Gasteiger partial charge in [-0.25, -0.2) is 9.18 Å². The van der Waals surface area contributed by atoms with Gasteiger partial charge < -0.3 is 9.52 Å². The highest BCUT2D eigenvalue weighted by atomic mass is 19.1. The Kier molecular flexibility index (Phi) is 1.92. The minimum Gasteiger partial charge on any atom is -0.478 e. The van der Waals surface area contributed by atoms with Crippen molar-refractivity contribution in [3.63, 3.8) is 0 Å². The van der Waals surface area contributed by atoms with E-state index in [0.29, 0.717) is 5.52 Å². The van der Waals surface area contributed by atoms with Gasteiger partial charge in [0.2, 0.25) is 0 Å². The highest BCUT2D eigenvalue weighted by Gasteiger charge is 2.13. The maximum atomic E-state index is 12.2. The molecular weight excluding hydrogens is 189 g/mol. The summed E-state index contributed by atoms with van der Waals surface area (Å²) in [6.45, 7) is -0.768. The Morgan fingerprint density at radius 3 is 3.07 bits per heavy atom. The van der Waals surface area contributed by atoms with E-state index < -0.39 is 12.6 Å². The van der Waals surface area contributed by atoms with E-state index in [0.717, 1.165) is 0 Å². The molecule has 2 aromatic heterocycles. The Labute approximate surface area is 78.0 Å². The molecule has 2 heterocycles. The molecule has 2 rings (SSSR count). The fourth-order valence-corrected chi connectivity index (χ4v) is 1.22. The predicted molar refractivity (Wildman–Crippen MR) is 45.8 cm³/mol. The molecule has 0 atom stereocenters. The molecule has 0 spiro atoms. The first-order valence-electron chi connectivity index (χ1n) is 3.89. The smallest absolute Gasteiger partial charge is 0.339 e. The Balaban J connectivity index is 2.73. The van der Waals surface area contributed by atoms with Gasteiger partial charge in [0, 0.05) is 12.3 Å². The molecule has 0 bridgehead atoms. The van der Waals surface area contributed by atoms with E-state index in [1.54, 1.807) is 0 Å². The molecule has 0 unspecified atom stereocenters. The van der Waals surface area contributed by atoms with Crippen LogP contribution in [-0.4, -0.2) is 16.1 Å². The predicted octanol–water partition coefficient (Wildman–Crippen LogP) is 2.00. The summed E-state index contributed by atoms with van der Waals surface area (Å²) in [6, 6.07) is 2.71. The SMILES string of the molecule is O=C(O)c1ccnc2cc(CF)oc12. The standard InChI is InChI=1S/C9H6FNO3/c10-4-5-3-7-8(14-5)6(9(12)13)1-2-11-7/h1-3H,4H2,(H,12,13). The molecule has 0 aliphatic carbocycles. The second kappa shape index (κ2) is 3.10. The largest absolute Gasteiger partial charge is 0.478 e. The third kappa shape index (κ3) is 1.22. The van der Waals surface area contributed by atoms with E-state index in [4.69, 9.17) is 9.52 Å². The lowest BCUT2D eigenvalue weighted by molar-refractivity contribution is 0.0697. The number of fused-ring (bicyclic) bond motifs is 1. The van der Waals surface area contributed by atoms with Crippen molar-refractivity contribution >= 4 is 17.1 Å². The number of furan rings is 1. The minimum absolute atomic E-state index is 0.00491. The van der Waals surface area contributed by atoms with Crippen LogP contribution in [0.25, 0.3) is 11.1 Å². The van der Waals surface area contributed by atoms with Crippen molar-refractivity contribution < 1.29 is 18.7 Å². The van der Waals surface area contributed by atoms with Crippen LogP contribution in [0.4, 0.5) is 4.39 Å². The number of hydrogen-bond acceptors (Lipinski definition) is 3. The lowest BCUT2D eigenvalue weighted by atomic mass is 10.2. The zero-order chi connectivity index (χ0) is 10.1. The van der Waals surface area contributed by atoms with Gasteiger partial charge in [-0.15, -0.1) is 0 Å².